The molecule has 0 radical (unpaired) electrons. The lowest BCUT2D eigenvalue weighted by atomic mass is 9.97. The zero-order valence-corrected chi connectivity index (χ0v) is 14.5. The average molecular weight is 351 g/mol. The van der Waals surface area contributed by atoms with Crippen LogP contribution < -0.4 is 5.32 Å². The van der Waals surface area contributed by atoms with Crippen molar-refractivity contribution in [3.05, 3.63) is 35.6 Å². The van der Waals surface area contributed by atoms with Gasteiger partial charge in [-0.1, -0.05) is 38.3 Å². The third kappa shape index (κ3) is 6.12. The molecule has 5 nitrogen and oxygen atoms in total. The first kappa shape index (κ1) is 19.4. The highest BCUT2D eigenvalue weighted by atomic mass is 19.1. The molecule has 1 aliphatic rings. The van der Waals surface area contributed by atoms with Crippen molar-refractivity contribution in [3.8, 4) is 0 Å². The number of carbonyl (C=O) groups excluding carboxylic acids is 1. The summed E-state index contributed by atoms with van der Waals surface area (Å²) in [6.45, 7) is 1.87. The summed E-state index contributed by atoms with van der Waals surface area (Å²) in [6.07, 6.45) is 5.09. The number of carboxylic acids is 1. The van der Waals surface area contributed by atoms with E-state index in [1.807, 2.05) is 6.92 Å². The fourth-order valence-corrected chi connectivity index (χ4v) is 3.16. The lowest BCUT2D eigenvalue weighted by Crippen LogP contribution is -2.41. The number of carbonyl (C=O) groups is 2. The zero-order chi connectivity index (χ0) is 18.2. The second kappa shape index (κ2) is 9.51. The van der Waals surface area contributed by atoms with Crippen LogP contribution in [-0.4, -0.2) is 29.2 Å². The SMILES string of the molecule is CCC(OC1CCCCC1)C(=O)NC(CC(=O)O)c1ccc(F)cc1. The van der Waals surface area contributed by atoms with Gasteiger partial charge in [0.1, 0.15) is 11.9 Å². The molecular formula is C19H26FNO4. The van der Waals surface area contributed by atoms with Gasteiger partial charge in [-0.3, -0.25) is 9.59 Å². The van der Waals surface area contributed by atoms with E-state index in [9.17, 15) is 14.0 Å². The molecule has 0 spiro atoms. The van der Waals surface area contributed by atoms with Crippen molar-refractivity contribution in [2.24, 2.45) is 0 Å². The van der Waals surface area contributed by atoms with Gasteiger partial charge >= 0.3 is 5.97 Å². The van der Waals surface area contributed by atoms with Crippen LogP contribution in [0.3, 0.4) is 0 Å². The number of rotatable bonds is 8. The average Bonchev–Trinajstić information content (AvgIpc) is 2.60. The van der Waals surface area contributed by atoms with Gasteiger partial charge in [-0.2, -0.15) is 0 Å². The molecule has 1 aromatic carbocycles. The van der Waals surface area contributed by atoms with E-state index in [1.165, 1.54) is 30.7 Å². The molecule has 1 fully saturated rings. The van der Waals surface area contributed by atoms with Crippen LogP contribution in [0.1, 0.15) is 63.5 Å². The smallest absolute Gasteiger partial charge is 0.305 e. The number of nitrogens with one attached hydrogen (secondary N) is 1. The Hall–Kier alpha value is -1.95. The predicted octanol–water partition coefficient (Wildman–Crippen LogP) is 3.59. The van der Waals surface area contributed by atoms with Gasteiger partial charge in [-0.25, -0.2) is 4.39 Å². The Morgan fingerprint density at radius 1 is 1.24 bits per heavy atom. The number of hydrogen-bond donors (Lipinski definition) is 2. The largest absolute Gasteiger partial charge is 0.481 e. The van der Waals surface area contributed by atoms with Crippen LogP contribution in [0.4, 0.5) is 4.39 Å². The molecular weight excluding hydrogens is 325 g/mol. The van der Waals surface area contributed by atoms with Gasteiger partial charge in [0.25, 0.3) is 0 Å². The monoisotopic (exact) mass is 351 g/mol. The first-order valence-corrected chi connectivity index (χ1v) is 8.92. The normalized spacial score (nSPS) is 17.7. The first-order chi connectivity index (χ1) is 12.0. The summed E-state index contributed by atoms with van der Waals surface area (Å²) in [5.41, 5.74) is 0.560. The van der Waals surface area contributed by atoms with E-state index in [0.29, 0.717) is 12.0 Å². The second-order valence-corrected chi connectivity index (χ2v) is 6.50. The minimum absolute atomic E-state index is 0.0909. The fraction of sp³-hybridized carbons (Fsp3) is 0.579. The number of ether oxygens (including phenoxy) is 1. The van der Waals surface area contributed by atoms with E-state index in [1.54, 1.807) is 0 Å². The minimum atomic E-state index is -1.03. The quantitative estimate of drug-likeness (QED) is 0.750. The Bertz CT molecular complexity index is 569. The predicted molar refractivity (Wildman–Crippen MR) is 91.6 cm³/mol. The van der Waals surface area contributed by atoms with Crippen molar-refractivity contribution in [2.75, 3.05) is 0 Å². The van der Waals surface area contributed by atoms with Crippen LogP contribution in [0.25, 0.3) is 0 Å². The van der Waals surface area contributed by atoms with Gasteiger partial charge in [0, 0.05) is 0 Å². The van der Waals surface area contributed by atoms with Crippen molar-refractivity contribution in [3.63, 3.8) is 0 Å². The molecule has 2 atom stereocenters. The summed E-state index contributed by atoms with van der Waals surface area (Å²) in [6, 6.07) is 4.78. The lowest BCUT2D eigenvalue weighted by molar-refractivity contribution is -0.141. The maximum absolute atomic E-state index is 13.1. The van der Waals surface area contributed by atoms with Gasteiger partial charge in [0.2, 0.25) is 5.91 Å². The number of amides is 1. The van der Waals surface area contributed by atoms with Crippen LogP contribution in [0, 0.1) is 5.82 Å². The fourth-order valence-electron chi connectivity index (χ4n) is 3.16. The summed E-state index contributed by atoms with van der Waals surface area (Å²) in [4.78, 5) is 23.7. The van der Waals surface area contributed by atoms with Crippen LogP contribution in [0.15, 0.2) is 24.3 Å². The Morgan fingerprint density at radius 3 is 2.44 bits per heavy atom. The number of aliphatic carboxylic acids is 1. The van der Waals surface area contributed by atoms with Crippen molar-refractivity contribution < 1.29 is 23.8 Å². The van der Waals surface area contributed by atoms with Crippen LogP contribution in [-0.2, 0) is 14.3 Å². The number of halogens is 1. The molecule has 2 N–H and O–H groups in total. The third-order valence-corrected chi connectivity index (χ3v) is 4.54. The highest BCUT2D eigenvalue weighted by Crippen LogP contribution is 2.23. The molecule has 6 heteroatoms. The highest BCUT2D eigenvalue weighted by molar-refractivity contribution is 5.82. The van der Waals surface area contributed by atoms with E-state index in [-0.39, 0.29) is 18.4 Å². The first-order valence-electron chi connectivity index (χ1n) is 8.92. The maximum atomic E-state index is 13.1. The zero-order valence-electron chi connectivity index (χ0n) is 14.5. The van der Waals surface area contributed by atoms with Crippen molar-refractivity contribution in [1.29, 1.82) is 0 Å². The van der Waals surface area contributed by atoms with Gasteiger partial charge in [-0.05, 0) is 37.0 Å². The molecule has 1 amide bonds. The van der Waals surface area contributed by atoms with Gasteiger partial charge in [-0.15, -0.1) is 0 Å². The molecule has 0 saturated heterocycles. The van der Waals surface area contributed by atoms with Crippen molar-refractivity contribution in [1.82, 2.24) is 5.32 Å². The molecule has 0 bridgehead atoms. The maximum Gasteiger partial charge on any atom is 0.305 e. The molecule has 0 heterocycles. The molecule has 0 aliphatic heterocycles. The number of carboxylic acid groups (broad SMARTS) is 1. The number of benzene rings is 1. The van der Waals surface area contributed by atoms with Crippen LogP contribution in [0.2, 0.25) is 0 Å². The molecule has 138 valence electrons. The summed E-state index contributed by atoms with van der Waals surface area (Å²) < 4.78 is 19.0. The summed E-state index contributed by atoms with van der Waals surface area (Å²) in [5.74, 6) is -1.75. The number of hydrogen-bond acceptors (Lipinski definition) is 3. The van der Waals surface area contributed by atoms with Gasteiger partial charge in [0.05, 0.1) is 18.6 Å². The van der Waals surface area contributed by atoms with Crippen molar-refractivity contribution in [2.45, 2.75) is 70.1 Å². The highest BCUT2D eigenvalue weighted by Gasteiger charge is 2.26. The van der Waals surface area contributed by atoms with Gasteiger partial charge in [0.15, 0.2) is 0 Å². The molecule has 25 heavy (non-hydrogen) atoms. The van der Waals surface area contributed by atoms with E-state index in [0.717, 1.165) is 25.7 Å². The summed E-state index contributed by atoms with van der Waals surface area (Å²) in [7, 11) is 0. The Balaban J connectivity index is 2.03. The Kier molecular flexibility index (Phi) is 7.37. The van der Waals surface area contributed by atoms with Gasteiger partial charge < -0.3 is 15.2 Å². The van der Waals surface area contributed by atoms with E-state index in [2.05, 4.69) is 5.32 Å². The minimum Gasteiger partial charge on any atom is -0.481 e. The molecule has 1 aliphatic carbocycles. The van der Waals surface area contributed by atoms with Crippen LogP contribution in [0.5, 0.6) is 0 Å². The summed E-state index contributed by atoms with van der Waals surface area (Å²) >= 11 is 0. The van der Waals surface area contributed by atoms with E-state index >= 15 is 0 Å². The molecule has 2 rings (SSSR count). The topological polar surface area (TPSA) is 75.6 Å². The van der Waals surface area contributed by atoms with E-state index < -0.39 is 23.9 Å². The Morgan fingerprint density at radius 2 is 1.88 bits per heavy atom. The third-order valence-electron chi connectivity index (χ3n) is 4.54. The summed E-state index contributed by atoms with van der Waals surface area (Å²) in [5, 5.41) is 11.9. The molecule has 1 saturated carbocycles. The van der Waals surface area contributed by atoms with E-state index in [4.69, 9.17) is 9.84 Å². The van der Waals surface area contributed by atoms with Crippen molar-refractivity contribution >= 4 is 11.9 Å². The second-order valence-electron chi connectivity index (χ2n) is 6.50. The standard InChI is InChI=1S/C19H26FNO4/c1-2-17(25-15-6-4-3-5-7-15)19(24)21-16(12-18(22)23)13-8-10-14(20)11-9-13/h8-11,15-17H,2-7,12H2,1H3,(H,21,24)(H,22,23). The molecule has 0 aromatic heterocycles. The molecule has 2 unspecified atom stereocenters. The lowest BCUT2D eigenvalue weighted by Gasteiger charge is -2.28. The molecule has 1 aromatic rings. The Labute approximate surface area is 147 Å². The van der Waals surface area contributed by atoms with Crippen LogP contribution >= 0.6 is 0 Å².